The summed E-state index contributed by atoms with van der Waals surface area (Å²) in [5.41, 5.74) is 6.73. The summed E-state index contributed by atoms with van der Waals surface area (Å²) in [4.78, 5) is 3.92. The molecular formula is C12H11Cl2N3O2S. The molecule has 0 fully saturated rings. The molecule has 0 bridgehead atoms. The molecule has 0 aliphatic carbocycles. The number of nitrogens with zero attached hydrogens (tertiary/aromatic N) is 1. The predicted octanol–water partition coefficient (Wildman–Crippen LogP) is 3.08. The zero-order chi connectivity index (χ0) is 14.9. The molecule has 0 unspecified atom stereocenters. The van der Waals surface area contributed by atoms with Gasteiger partial charge in [-0.05, 0) is 37.3 Å². The van der Waals surface area contributed by atoms with Crippen LogP contribution in [0.25, 0.3) is 0 Å². The zero-order valence-corrected chi connectivity index (χ0v) is 12.7. The standard InChI is InChI=1S/C12H11Cl2N3O2S/c1-7-10(3-5-12(14)16-7)17-20(18,19)11-4-2-8(15)6-9(11)13/h2-6,17H,15H2,1H3. The summed E-state index contributed by atoms with van der Waals surface area (Å²) >= 11 is 11.6. The first kappa shape index (κ1) is 14.9. The molecule has 1 heterocycles. The smallest absolute Gasteiger partial charge is 0.263 e. The van der Waals surface area contributed by atoms with Gasteiger partial charge in [0.15, 0.2) is 0 Å². The summed E-state index contributed by atoms with van der Waals surface area (Å²) < 4.78 is 27.0. The Hall–Kier alpha value is -1.50. The number of benzene rings is 1. The third-order valence-electron chi connectivity index (χ3n) is 2.54. The molecule has 2 aromatic rings. The van der Waals surface area contributed by atoms with Crippen molar-refractivity contribution in [2.45, 2.75) is 11.8 Å². The minimum Gasteiger partial charge on any atom is -0.399 e. The Labute approximate surface area is 126 Å². The van der Waals surface area contributed by atoms with Crippen molar-refractivity contribution in [3.05, 3.63) is 46.2 Å². The van der Waals surface area contributed by atoms with Crippen molar-refractivity contribution in [2.24, 2.45) is 0 Å². The minimum absolute atomic E-state index is 0.0528. The quantitative estimate of drug-likeness (QED) is 0.668. The fraction of sp³-hybridized carbons (Fsp3) is 0.0833. The van der Waals surface area contributed by atoms with Crippen LogP contribution in [-0.4, -0.2) is 13.4 Å². The maximum absolute atomic E-state index is 12.3. The number of aryl methyl sites for hydroxylation is 1. The first-order valence-corrected chi connectivity index (χ1v) is 7.74. The average Bonchev–Trinajstić information content (AvgIpc) is 2.32. The predicted molar refractivity (Wildman–Crippen MR) is 80.7 cm³/mol. The first-order valence-electron chi connectivity index (χ1n) is 5.50. The third-order valence-corrected chi connectivity index (χ3v) is 4.60. The molecule has 106 valence electrons. The fourth-order valence-corrected chi connectivity index (χ4v) is 3.43. The van der Waals surface area contributed by atoms with E-state index in [4.69, 9.17) is 28.9 Å². The second-order valence-corrected chi connectivity index (χ2v) is 6.51. The molecule has 20 heavy (non-hydrogen) atoms. The molecule has 2 rings (SSSR count). The van der Waals surface area contributed by atoms with E-state index in [1.807, 2.05) is 0 Å². The lowest BCUT2D eigenvalue weighted by atomic mass is 10.3. The summed E-state index contributed by atoms with van der Waals surface area (Å²) in [5, 5.41) is 0.341. The van der Waals surface area contributed by atoms with Gasteiger partial charge in [-0.15, -0.1) is 0 Å². The molecule has 0 saturated heterocycles. The number of hydrogen-bond donors (Lipinski definition) is 2. The Morgan fingerprint density at radius 1 is 1.20 bits per heavy atom. The van der Waals surface area contributed by atoms with Crippen LogP contribution in [0.2, 0.25) is 10.2 Å². The lowest BCUT2D eigenvalue weighted by molar-refractivity contribution is 0.601. The van der Waals surface area contributed by atoms with Gasteiger partial charge in [-0.3, -0.25) is 4.72 Å². The number of sulfonamides is 1. The van der Waals surface area contributed by atoms with E-state index in [0.717, 1.165) is 0 Å². The highest BCUT2D eigenvalue weighted by atomic mass is 35.5. The summed E-state index contributed by atoms with van der Waals surface area (Å²) in [6.07, 6.45) is 0. The normalized spacial score (nSPS) is 11.3. The second-order valence-electron chi connectivity index (χ2n) is 4.06. The number of anilines is 2. The van der Waals surface area contributed by atoms with E-state index in [0.29, 0.717) is 17.1 Å². The highest BCUT2D eigenvalue weighted by Crippen LogP contribution is 2.26. The summed E-state index contributed by atoms with van der Waals surface area (Å²) in [5.74, 6) is 0. The van der Waals surface area contributed by atoms with Crippen LogP contribution < -0.4 is 10.5 Å². The van der Waals surface area contributed by atoms with Crippen LogP contribution in [0.15, 0.2) is 35.2 Å². The average molecular weight is 332 g/mol. The van der Waals surface area contributed by atoms with Crippen LogP contribution in [0.5, 0.6) is 0 Å². The Kier molecular flexibility index (Phi) is 4.08. The van der Waals surface area contributed by atoms with Gasteiger partial charge in [-0.2, -0.15) is 0 Å². The molecule has 1 aromatic heterocycles. The van der Waals surface area contributed by atoms with Gasteiger partial charge in [-0.1, -0.05) is 23.2 Å². The fourth-order valence-electron chi connectivity index (χ4n) is 1.57. The van der Waals surface area contributed by atoms with Crippen LogP contribution >= 0.6 is 23.2 Å². The van der Waals surface area contributed by atoms with Crippen molar-refractivity contribution in [1.82, 2.24) is 4.98 Å². The highest BCUT2D eigenvalue weighted by Gasteiger charge is 2.19. The molecule has 0 atom stereocenters. The molecule has 0 radical (unpaired) electrons. The molecule has 0 amide bonds. The van der Waals surface area contributed by atoms with Gasteiger partial charge in [0.05, 0.1) is 16.4 Å². The Bertz CT molecular complexity index is 763. The number of hydrogen-bond acceptors (Lipinski definition) is 4. The second kappa shape index (κ2) is 5.47. The number of aromatic nitrogens is 1. The van der Waals surface area contributed by atoms with E-state index < -0.39 is 10.0 Å². The van der Waals surface area contributed by atoms with Crippen molar-refractivity contribution in [1.29, 1.82) is 0 Å². The number of halogens is 2. The maximum Gasteiger partial charge on any atom is 0.263 e. The van der Waals surface area contributed by atoms with E-state index >= 15 is 0 Å². The van der Waals surface area contributed by atoms with Crippen LogP contribution in [0.3, 0.4) is 0 Å². The van der Waals surface area contributed by atoms with Gasteiger partial charge in [0.25, 0.3) is 10.0 Å². The van der Waals surface area contributed by atoms with Gasteiger partial charge in [-0.25, -0.2) is 13.4 Å². The SMILES string of the molecule is Cc1nc(Cl)ccc1NS(=O)(=O)c1ccc(N)cc1Cl. The van der Waals surface area contributed by atoms with E-state index in [1.54, 1.807) is 6.92 Å². The van der Waals surface area contributed by atoms with Crippen molar-refractivity contribution in [3.63, 3.8) is 0 Å². The molecule has 0 spiro atoms. The van der Waals surface area contributed by atoms with E-state index in [-0.39, 0.29) is 15.1 Å². The topological polar surface area (TPSA) is 85.1 Å². The van der Waals surface area contributed by atoms with Crippen molar-refractivity contribution >= 4 is 44.6 Å². The van der Waals surface area contributed by atoms with Gasteiger partial charge in [0, 0.05) is 5.69 Å². The number of rotatable bonds is 3. The van der Waals surface area contributed by atoms with Crippen molar-refractivity contribution in [2.75, 3.05) is 10.5 Å². The molecular weight excluding hydrogens is 321 g/mol. The van der Waals surface area contributed by atoms with Crippen LogP contribution in [-0.2, 0) is 10.0 Å². The molecule has 0 saturated carbocycles. The summed E-state index contributed by atoms with van der Waals surface area (Å²) in [6, 6.07) is 7.22. The molecule has 0 aliphatic heterocycles. The molecule has 1 aromatic carbocycles. The molecule has 8 heteroatoms. The largest absolute Gasteiger partial charge is 0.399 e. The van der Waals surface area contributed by atoms with Crippen LogP contribution in [0.4, 0.5) is 11.4 Å². The van der Waals surface area contributed by atoms with Gasteiger partial charge in [0.2, 0.25) is 0 Å². The van der Waals surface area contributed by atoms with Gasteiger partial charge >= 0.3 is 0 Å². The zero-order valence-electron chi connectivity index (χ0n) is 10.4. The molecule has 3 N–H and O–H groups in total. The third kappa shape index (κ3) is 3.15. The highest BCUT2D eigenvalue weighted by molar-refractivity contribution is 7.92. The molecule has 0 aliphatic rings. The van der Waals surface area contributed by atoms with E-state index in [1.165, 1.54) is 30.3 Å². The van der Waals surface area contributed by atoms with Crippen LogP contribution in [0.1, 0.15) is 5.69 Å². The summed E-state index contributed by atoms with van der Waals surface area (Å²) in [7, 11) is -3.82. The first-order chi connectivity index (χ1) is 9.29. The van der Waals surface area contributed by atoms with E-state index in [9.17, 15) is 8.42 Å². The summed E-state index contributed by atoms with van der Waals surface area (Å²) in [6.45, 7) is 1.65. The number of nitrogens with one attached hydrogen (secondary N) is 1. The maximum atomic E-state index is 12.3. The lowest BCUT2D eigenvalue weighted by Gasteiger charge is -2.11. The van der Waals surface area contributed by atoms with Crippen LogP contribution in [0, 0.1) is 6.92 Å². The number of nitrogen functional groups attached to an aromatic ring is 1. The monoisotopic (exact) mass is 331 g/mol. The Morgan fingerprint density at radius 2 is 1.90 bits per heavy atom. The van der Waals surface area contributed by atoms with Crippen molar-refractivity contribution < 1.29 is 8.42 Å². The van der Waals surface area contributed by atoms with Gasteiger partial charge in [0.1, 0.15) is 10.0 Å². The van der Waals surface area contributed by atoms with Gasteiger partial charge < -0.3 is 5.73 Å². The lowest BCUT2D eigenvalue weighted by Crippen LogP contribution is -2.14. The number of nitrogens with two attached hydrogens (primary N) is 1. The van der Waals surface area contributed by atoms with E-state index in [2.05, 4.69) is 9.71 Å². The minimum atomic E-state index is -3.82. The Morgan fingerprint density at radius 3 is 2.50 bits per heavy atom. The van der Waals surface area contributed by atoms with Crippen molar-refractivity contribution in [3.8, 4) is 0 Å². The molecule has 5 nitrogen and oxygen atoms in total. The number of pyridine rings is 1. The Balaban J connectivity index is 2.41.